The number of hydrogen-bond donors (Lipinski definition) is 1. The molecule has 20 heavy (non-hydrogen) atoms. The Bertz CT molecular complexity index is 474. The van der Waals surface area contributed by atoms with E-state index < -0.39 is 11.4 Å². The van der Waals surface area contributed by atoms with Gasteiger partial charge in [0.15, 0.2) is 0 Å². The first-order valence-corrected chi connectivity index (χ1v) is 7.21. The predicted octanol–water partition coefficient (Wildman–Crippen LogP) is 3.46. The average molecular weight is 279 g/mol. The first kappa shape index (κ1) is 15.0. The van der Waals surface area contributed by atoms with E-state index in [0.29, 0.717) is 13.0 Å². The minimum absolute atomic E-state index is 0.119. The highest BCUT2D eigenvalue weighted by Gasteiger charge is 2.45. The molecule has 1 N–H and O–H groups in total. The van der Waals surface area contributed by atoms with E-state index in [2.05, 4.69) is 11.8 Å². The van der Waals surface area contributed by atoms with E-state index in [1.807, 2.05) is 6.92 Å². The number of halogens is 1. The second-order valence-corrected chi connectivity index (χ2v) is 5.78. The van der Waals surface area contributed by atoms with Gasteiger partial charge in [-0.05, 0) is 44.0 Å². The van der Waals surface area contributed by atoms with Crippen molar-refractivity contribution in [2.24, 2.45) is 5.41 Å². The predicted molar refractivity (Wildman–Crippen MR) is 76.0 cm³/mol. The van der Waals surface area contributed by atoms with Crippen LogP contribution in [0, 0.1) is 11.2 Å². The van der Waals surface area contributed by atoms with Gasteiger partial charge in [-0.25, -0.2) is 4.39 Å². The third-order valence-corrected chi connectivity index (χ3v) is 4.47. The van der Waals surface area contributed by atoms with Gasteiger partial charge in [-0.1, -0.05) is 25.5 Å². The molecule has 0 aliphatic carbocycles. The minimum atomic E-state index is -0.687. The lowest BCUT2D eigenvalue weighted by Crippen LogP contribution is -2.35. The van der Waals surface area contributed by atoms with Gasteiger partial charge in [0.05, 0.1) is 5.41 Å². The molecule has 0 spiro atoms. The molecular formula is C16H22FNO2. The molecule has 2 atom stereocenters. The number of rotatable bonds is 5. The topological polar surface area (TPSA) is 40.5 Å². The maximum absolute atomic E-state index is 13.0. The van der Waals surface area contributed by atoms with Crippen LogP contribution < -0.4 is 0 Å². The van der Waals surface area contributed by atoms with E-state index in [-0.39, 0.29) is 11.9 Å². The van der Waals surface area contributed by atoms with Gasteiger partial charge in [-0.3, -0.25) is 9.69 Å². The molecule has 1 aliphatic heterocycles. The Hall–Kier alpha value is -1.42. The van der Waals surface area contributed by atoms with Crippen molar-refractivity contribution in [3.8, 4) is 0 Å². The molecule has 1 aromatic carbocycles. The maximum atomic E-state index is 13.0. The Morgan fingerprint density at radius 3 is 2.65 bits per heavy atom. The molecule has 0 aromatic heterocycles. The van der Waals surface area contributed by atoms with Crippen molar-refractivity contribution in [1.29, 1.82) is 0 Å². The Labute approximate surface area is 119 Å². The number of hydrogen-bond acceptors (Lipinski definition) is 2. The first-order valence-electron chi connectivity index (χ1n) is 7.21. The largest absolute Gasteiger partial charge is 0.481 e. The molecule has 4 heteroatoms. The molecule has 0 amide bonds. The highest BCUT2D eigenvalue weighted by molar-refractivity contribution is 5.75. The van der Waals surface area contributed by atoms with Crippen LogP contribution in [0.3, 0.4) is 0 Å². The summed E-state index contributed by atoms with van der Waals surface area (Å²) in [7, 11) is 0. The number of nitrogens with zero attached hydrogens (tertiary/aromatic N) is 1. The summed E-state index contributed by atoms with van der Waals surface area (Å²) in [6, 6.07) is 6.59. The normalized spacial score (nSPS) is 24.8. The smallest absolute Gasteiger partial charge is 0.310 e. The van der Waals surface area contributed by atoms with E-state index in [4.69, 9.17) is 0 Å². The zero-order chi connectivity index (χ0) is 14.8. The highest BCUT2D eigenvalue weighted by atomic mass is 19.1. The van der Waals surface area contributed by atoms with Gasteiger partial charge in [-0.2, -0.15) is 0 Å². The van der Waals surface area contributed by atoms with Crippen LogP contribution in [-0.2, 0) is 4.79 Å². The lowest BCUT2D eigenvalue weighted by atomic mass is 9.82. The molecule has 1 aromatic rings. The van der Waals surface area contributed by atoms with Gasteiger partial charge >= 0.3 is 5.97 Å². The summed E-state index contributed by atoms with van der Waals surface area (Å²) in [5, 5.41) is 9.53. The van der Waals surface area contributed by atoms with Crippen LogP contribution in [0.5, 0.6) is 0 Å². The molecule has 1 saturated heterocycles. The van der Waals surface area contributed by atoms with Crippen LogP contribution in [0.2, 0.25) is 0 Å². The summed E-state index contributed by atoms with van der Waals surface area (Å²) in [5.74, 6) is -0.929. The van der Waals surface area contributed by atoms with Crippen molar-refractivity contribution in [2.75, 3.05) is 13.1 Å². The molecule has 1 fully saturated rings. The van der Waals surface area contributed by atoms with Crippen molar-refractivity contribution < 1.29 is 14.3 Å². The quantitative estimate of drug-likeness (QED) is 0.897. The Balaban J connectivity index is 2.11. The minimum Gasteiger partial charge on any atom is -0.481 e. The summed E-state index contributed by atoms with van der Waals surface area (Å²) >= 11 is 0. The number of likely N-dealkylation sites (tertiary alicyclic amines) is 1. The molecule has 2 rings (SSSR count). The zero-order valence-corrected chi connectivity index (χ0v) is 12.1. The molecule has 3 nitrogen and oxygen atoms in total. The third-order valence-electron chi connectivity index (χ3n) is 4.47. The summed E-state index contributed by atoms with van der Waals surface area (Å²) in [6.45, 7) is 5.44. The van der Waals surface area contributed by atoms with Gasteiger partial charge in [0, 0.05) is 12.6 Å². The molecular weight excluding hydrogens is 257 g/mol. The van der Waals surface area contributed by atoms with Crippen LogP contribution in [0.1, 0.15) is 44.7 Å². The molecule has 2 unspecified atom stereocenters. The van der Waals surface area contributed by atoms with E-state index in [0.717, 1.165) is 24.9 Å². The average Bonchev–Trinajstić information content (AvgIpc) is 2.85. The van der Waals surface area contributed by atoms with Crippen molar-refractivity contribution >= 4 is 5.97 Å². The van der Waals surface area contributed by atoms with Crippen molar-refractivity contribution in [2.45, 2.75) is 39.2 Å². The Morgan fingerprint density at radius 1 is 1.45 bits per heavy atom. The monoisotopic (exact) mass is 279 g/mol. The Kier molecular flexibility index (Phi) is 4.43. The molecule has 0 radical (unpaired) electrons. The van der Waals surface area contributed by atoms with Crippen LogP contribution >= 0.6 is 0 Å². The fourth-order valence-electron chi connectivity index (χ4n) is 3.15. The van der Waals surface area contributed by atoms with E-state index in [1.54, 1.807) is 12.1 Å². The van der Waals surface area contributed by atoms with E-state index in [9.17, 15) is 14.3 Å². The molecule has 0 bridgehead atoms. The summed E-state index contributed by atoms with van der Waals surface area (Å²) in [6.07, 6.45) is 2.29. The fraction of sp³-hybridized carbons (Fsp3) is 0.562. The third kappa shape index (κ3) is 2.85. The van der Waals surface area contributed by atoms with Gasteiger partial charge in [-0.15, -0.1) is 0 Å². The molecule has 0 saturated carbocycles. The number of carboxylic acid groups (broad SMARTS) is 1. The van der Waals surface area contributed by atoms with Crippen LogP contribution in [0.4, 0.5) is 4.39 Å². The summed E-state index contributed by atoms with van der Waals surface area (Å²) in [5.41, 5.74) is 0.423. The van der Waals surface area contributed by atoms with Gasteiger partial charge < -0.3 is 5.11 Å². The lowest BCUT2D eigenvalue weighted by molar-refractivity contribution is -0.148. The second-order valence-electron chi connectivity index (χ2n) is 5.78. The number of benzene rings is 1. The van der Waals surface area contributed by atoms with Crippen molar-refractivity contribution in [3.63, 3.8) is 0 Å². The Morgan fingerprint density at radius 2 is 2.10 bits per heavy atom. The number of aliphatic carboxylic acids is 1. The van der Waals surface area contributed by atoms with E-state index in [1.165, 1.54) is 12.1 Å². The summed E-state index contributed by atoms with van der Waals surface area (Å²) in [4.78, 5) is 13.8. The lowest BCUT2D eigenvalue weighted by Gasteiger charge is -2.28. The van der Waals surface area contributed by atoms with Gasteiger partial charge in [0.2, 0.25) is 0 Å². The zero-order valence-electron chi connectivity index (χ0n) is 12.1. The second kappa shape index (κ2) is 5.92. The van der Waals surface area contributed by atoms with Crippen LogP contribution in [0.25, 0.3) is 0 Å². The number of carbonyl (C=O) groups is 1. The van der Waals surface area contributed by atoms with Crippen LogP contribution in [0.15, 0.2) is 24.3 Å². The van der Waals surface area contributed by atoms with Crippen molar-refractivity contribution in [1.82, 2.24) is 4.90 Å². The van der Waals surface area contributed by atoms with Crippen LogP contribution in [-0.4, -0.2) is 29.1 Å². The molecule has 110 valence electrons. The maximum Gasteiger partial charge on any atom is 0.310 e. The SMILES string of the molecule is CCCC1(C(=O)O)CCN(C(C)c2ccc(F)cc2)C1. The number of carboxylic acids is 1. The van der Waals surface area contributed by atoms with E-state index >= 15 is 0 Å². The highest BCUT2D eigenvalue weighted by Crippen LogP contribution is 2.39. The fourth-order valence-corrected chi connectivity index (χ4v) is 3.15. The van der Waals surface area contributed by atoms with Crippen molar-refractivity contribution in [3.05, 3.63) is 35.6 Å². The first-order chi connectivity index (χ1) is 9.48. The molecule has 1 heterocycles. The molecule has 1 aliphatic rings. The van der Waals surface area contributed by atoms with Gasteiger partial charge in [0.1, 0.15) is 5.82 Å². The van der Waals surface area contributed by atoms with Gasteiger partial charge in [0.25, 0.3) is 0 Å². The standard InChI is InChI=1S/C16H22FNO2/c1-3-8-16(15(19)20)9-10-18(11-16)12(2)13-4-6-14(17)7-5-13/h4-7,12H,3,8-11H2,1-2H3,(H,19,20). The summed E-state index contributed by atoms with van der Waals surface area (Å²) < 4.78 is 13.0.